The van der Waals surface area contributed by atoms with Crippen molar-refractivity contribution in [3.63, 3.8) is 0 Å². The van der Waals surface area contributed by atoms with Gasteiger partial charge in [-0.05, 0) is 18.2 Å². The van der Waals surface area contributed by atoms with Gasteiger partial charge in [0.2, 0.25) is 0 Å². The van der Waals surface area contributed by atoms with E-state index in [2.05, 4.69) is 0 Å². The molecule has 0 radical (unpaired) electrons. The molecule has 5 nitrogen and oxygen atoms in total. The second-order valence-electron chi connectivity index (χ2n) is 3.73. The Morgan fingerprint density at radius 3 is 2.89 bits per heavy atom. The van der Waals surface area contributed by atoms with E-state index < -0.39 is 0 Å². The molecule has 2 aromatic heterocycles. The van der Waals surface area contributed by atoms with Crippen LogP contribution in [-0.4, -0.2) is 17.4 Å². The highest BCUT2D eigenvalue weighted by molar-refractivity contribution is 5.93. The van der Waals surface area contributed by atoms with Crippen LogP contribution in [0.2, 0.25) is 0 Å². The number of amides is 1. The molecule has 0 bridgehead atoms. The fraction of sp³-hybridized carbons (Fsp3) is 0.231. The average molecular weight is 244 g/mol. The first-order chi connectivity index (χ1) is 8.81. The minimum absolute atomic E-state index is 0.171. The lowest BCUT2D eigenvalue weighted by atomic mass is 10.2. The second-order valence-corrected chi connectivity index (χ2v) is 3.73. The Morgan fingerprint density at radius 1 is 1.39 bits per heavy atom. The van der Waals surface area contributed by atoms with Gasteiger partial charge in [-0.3, -0.25) is 4.79 Å². The Kier molecular flexibility index (Phi) is 3.82. The number of rotatable bonds is 5. The van der Waals surface area contributed by atoms with Gasteiger partial charge in [0, 0.05) is 6.54 Å². The number of hydrogen-bond acceptors (Lipinski definition) is 4. The Morgan fingerprint density at radius 2 is 2.28 bits per heavy atom. The third-order valence-corrected chi connectivity index (χ3v) is 2.48. The molecule has 0 N–H and O–H groups in total. The SMILES string of the molecule is N#CCCN(Cc1ccco1)C(=O)c1ccoc1. The van der Waals surface area contributed by atoms with Crippen LogP contribution in [0.4, 0.5) is 0 Å². The number of nitriles is 1. The van der Waals surface area contributed by atoms with E-state index in [1.807, 2.05) is 6.07 Å². The van der Waals surface area contributed by atoms with Crippen molar-refractivity contribution < 1.29 is 13.6 Å². The molecule has 0 fully saturated rings. The van der Waals surface area contributed by atoms with Crippen molar-refractivity contribution in [3.8, 4) is 6.07 Å². The summed E-state index contributed by atoms with van der Waals surface area (Å²) in [5, 5.41) is 8.62. The van der Waals surface area contributed by atoms with Crippen LogP contribution in [0, 0.1) is 11.3 Å². The van der Waals surface area contributed by atoms with E-state index in [1.54, 1.807) is 29.4 Å². The molecule has 0 unspecified atom stereocenters. The van der Waals surface area contributed by atoms with Crippen LogP contribution in [0.25, 0.3) is 0 Å². The zero-order chi connectivity index (χ0) is 12.8. The molecular weight excluding hydrogens is 232 g/mol. The van der Waals surface area contributed by atoms with Crippen molar-refractivity contribution in [2.45, 2.75) is 13.0 Å². The minimum atomic E-state index is -0.171. The van der Waals surface area contributed by atoms with Crippen molar-refractivity contribution >= 4 is 5.91 Å². The molecule has 92 valence electrons. The molecule has 0 saturated carbocycles. The summed E-state index contributed by atoms with van der Waals surface area (Å²) in [4.78, 5) is 13.7. The van der Waals surface area contributed by atoms with Gasteiger partial charge in [0.25, 0.3) is 5.91 Å². The van der Waals surface area contributed by atoms with Gasteiger partial charge in [-0.25, -0.2) is 0 Å². The van der Waals surface area contributed by atoms with Gasteiger partial charge in [-0.15, -0.1) is 0 Å². The third-order valence-electron chi connectivity index (χ3n) is 2.48. The van der Waals surface area contributed by atoms with Gasteiger partial charge in [0.15, 0.2) is 0 Å². The Bertz CT molecular complexity index is 523. The van der Waals surface area contributed by atoms with Crippen LogP contribution >= 0.6 is 0 Å². The van der Waals surface area contributed by atoms with Crippen LogP contribution < -0.4 is 0 Å². The summed E-state index contributed by atoms with van der Waals surface area (Å²) in [6.45, 7) is 0.708. The first-order valence-electron chi connectivity index (χ1n) is 5.52. The van der Waals surface area contributed by atoms with E-state index in [9.17, 15) is 4.79 Å². The van der Waals surface area contributed by atoms with Crippen LogP contribution in [0.1, 0.15) is 22.5 Å². The summed E-state index contributed by atoms with van der Waals surface area (Å²) in [5.41, 5.74) is 0.472. The fourth-order valence-electron chi connectivity index (χ4n) is 1.60. The van der Waals surface area contributed by atoms with Gasteiger partial charge in [-0.1, -0.05) is 0 Å². The smallest absolute Gasteiger partial charge is 0.257 e. The molecular formula is C13H12N2O3. The van der Waals surface area contributed by atoms with Gasteiger partial charge in [0.05, 0.1) is 37.1 Å². The van der Waals surface area contributed by atoms with E-state index in [4.69, 9.17) is 14.1 Å². The van der Waals surface area contributed by atoms with Gasteiger partial charge >= 0.3 is 0 Å². The summed E-state index contributed by atoms with van der Waals surface area (Å²) in [6.07, 6.45) is 4.68. The van der Waals surface area contributed by atoms with Crippen LogP contribution in [0.5, 0.6) is 0 Å². The monoisotopic (exact) mass is 244 g/mol. The van der Waals surface area contributed by atoms with Gasteiger partial charge < -0.3 is 13.7 Å². The van der Waals surface area contributed by atoms with Gasteiger partial charge in [-0.2, -0.15) is 5.26 Å². The topological polar surface area (TPSA) is 70.4 Å². The number of carbonyl (C=O) groups is 1. The second kappa shape index (κ2) is 5.73. The zero-order valence-corrected chi connectivity index (χ0v) is 9.70. The Hall–Kier alpha value is -2.48. The lowest BCUT2D eigenvalue weighted by Gasteiger charge is -2.19. The van der Waals surface area contributed by atoms with Crippen LogP contribution in [-0.2, 0) is 6.54 Å². The zero-order valence-electron chi connectivity index (χ0n) is 9.70. The van der Waals surface area contributed by atoms with E-state index >= 15 is 0 Å². The molecule has 2 heterocycles. The van der Waals surface area contributed by atoms with Crippen LogP contribution in [0.3, 0.4) is 0 Å². The molecule has 0 saturated heterocycles. The fourth-order valence-corrected chi connectivity index (χ4v) is 1.60. The quantitative estimate of drug-likeness (QED) is 0.809. The highest BCUT2D eigenvalue weighted by Gasteiger charge is 2.17. The summed E-state index contributed by atoms with van der Waals surface area (Å²) in [6, 6.07) is 7.19. The standard InChI is InChI=1S/C13H12N2O3/c14-5-2-6-15(9-12-3-1-7-18-12)13(16)11-4-8-17-10-11/h1,3-4,7-8,10H,2,6,9H2. The Balaban J connectivity index is 2.09. The molecule has 0 atom stereocenters. The number of furan rings is 2. The molecule has 2 aromatic rings. The summed E-state index contributed by atoms with van der Waals surface area (Å²) in [5.74, 6) is 0.514. The van der Waals surface area contributed by atoms with Crippen LogP contribution in [0.15, 0.2) is 45.8 Å². The molecule has 2 rings (SSSR count). The molecule has 0 aliphatic carbocycles. The maximum Gasteiger partial charge on any atom is 0.257 e. The molecule has 18 heavy (non-hydrogen) atoms. The predicted octanol–water partition coefficient (Wildman–Crippen LogP) is 2.43. The molecule has 1 amide bonds. The summed E-state index contributed by atoms with van der Waals surface area (Å²) >= 11 is 0. The van der Waals surface area contributed by atoms with E-state index in [0.29, 0.717) is 24.4 Å². The number of nitrogens with zero attached hydrogens (tertiary/aromatic N) is 2. The minimum Gasteiger partial charge on any atom is -0.472 e. The molecule has 0 aliphatic rings. The van der Waals surface area contributed by atoms with E-state index in [-0.39, 0.29) is 12.3 Å². The van der Waals surface area contributed by atoms with Crippen molar-refractivity contribution in [2.75, 3.05) is 6.54 Å². The maximum absolute atomic E-state index is 12.2. The average Bonchev–Trinajstić information content (AvgIpc) is 3.06. The first-order valence-corrected chi connectivity index (χ1v) is 5.52. The third kappa shape index (κ3) is 2.80. The van der Waals surface area contributed by atoms with E-state index in [0.717, 1.165) is 0 Å². The number of hydrogen-bond donors (Lipinski definition) is 0. The van der Waals surface area contributed by atoms with Crippen molar-refractivity contribution in [2.24, 2.45) is 0 Å². The van der Waals surface area contributed by atoms with Crippen molar-refractivity contribution in [3.05, 3.63) is 48.3 Å². The lowest BCUT2D eigenvalue weighted by molar-refractivity contribution is 0.0734. The number of carbonyl (C=O) groups excluding carboxylic acids is 1. The molecule has 0 aromatic carbocycles. The molecule has 0 spiro atoms. The highest BCUT2D eigenvalue weighted by Crippen LogP contribution is 2.11. The van der Waals surface area contributed by atoms with Gasteiger partial charge in [0.1, 0.15) is 12.0 Å². The summed E-state index contributed by atoms with van der Waals surface area (Å²) in [7, 11) is 0. The Labute approximate surface area is 104 Å². The summed E-state index contributed by atoms with van der Waals surface area (Å²) < 4.78 is 10.1. The lowest BCUT2D eigenvalue weighted by Crippen LogP contribution is -2.31. The normalized spacial score (nSPS) is 9.94. The molecule has 5 heteroatoms. The largest absolute Gasteiger partial charge is 0.472 e. The highest BCUT2D eigenvalue weighted by atomic mass is 16.3. The van der Waals surface area contributed by atoms with E-state index in [1.165, 1.54) is 12.5 Å². The maximum atomic E-state index is 12.2. The predicted molar refractivity (Wildman–Crippen MR) is 62.4 cm³/mol. The van der Waals surface area contributed by atoms with Crippen molar-refractivity contribution in [1.82, 2.24) is 4.90 Å². The first kappa shape index (κ1) is 12.0. The molecule has 0 aliphatic heterocycles. The van der Waals surface area contributed by atoms with Crippen molar-refractivity contribution in [1.29, 1.82) is 5.26 Å².